The summed E-state index contributed by atoms with van der Waals surface area (Å²) in [6, 6.07) is 14.5. The van der Waals surface area contributed by atoms with Crippen LogP contribution in [0.5, 0.6) is 11.5 Å². The van der Waals surface area contributed by atoms with Crippen LogP contribution < -0.4 is 25.5 Å². The van der Waals surface area contributed by atoms with Gasteiger partial charge in [0, 0.05) is 18.7 Å². The van der Waals surface area contributed by atoms with E-state index >= 15 is 0 Å². The van der Waals surface area contributed by atoms with Crippen molar-refractivity contribution in [1.29, 1.82) is 0 Å². The fraction of sp³-hybridized carbons (Fsp3) is 0.182. The van der Waals surface area contributed by atoms with Crippen LogP contribution in [0.25, 0.3) is 0 Å². The number of hydrazone groups is 1. The first kappa shape index (κ1) is 23.1. The number of methoxy groups -OCH3 is 1. The number of benzene rings is 2. The zero-order chi connectivity index (χ0) is 22.5. The van der Waals surface area contributed by atoms with E-state index in [0.29, 0.717) is 17.9 Å². The third kappa shape index (κ3) is 7.65. The lowest BCUT2D eigenvalue weighted by Gasteiger charge is -2.13. The molecule has 0 saturated carbocycles. The van der Waals surface area contributed by atoms with E-state index in [9.17, 15) is 14.4 Å². The number of hydrogen-bond acceptors (Lipinski definition) is 6. The molecule has 0 saturated heterocycles. The van der Waals surface area contributed by atoms with Crippen LogP contribution in [0.3, 0.4) is 0 Å². The van der Waals surface area contributed by atoms with E-state index in [0.717, 1.165) is 5.56 Å². The van der Waals surface area contributed by atoms with Gasteiger partial charge in [0.15, 0.2) is 18.1 Å². The highest BCUT2D eigenvalue weighted by molar-refractivity contribution is 6.35. The predicted octanol–water partition coefficient (Wildman–Crippen LogP) is 1.14. The lowest BCUT2D eigenvalue weighted by atomic mass is 10.2. The lowest BCUT2D eigenvalue weighted by molar-refractivity contribution is -0.139. The molecule has 3 N–H and O–H groups in total. The number of rotatable bonds is 10. The highest BCUT2D eigenvalue weighted by Gasteiger charge is 2.13. The quantitative estimate of drug-likeness (QED) is 0.229. The fourth-order valence-corrected chi connectivity index (χ4v) is 2.39. The van der Waals surface area contributed by atoms with Crippen LogP contribution >= 0.6 is 0 Å². The van der Waals surface area contributed by atoms with E-state index in [1.165, 1.54) is 19.4 Å². The van der Waals surface area contributed by atoms with Gasteiger partial charge in [0.05, 0.1) is 13.3 Å². The zero-order valence-electron chi connectivity index (χ0n) is 17.1. The van der Waals surface area contributed by atoms with Gasteiger partial charge in [0.25, 0.3) is 5.91 Å². The summed E-state index contributed by atoms with van der Waals surface area (Å²) in [6.45, 7) is 3.74. The summed E-state index contributed by atoms with van der Waals surface area (Å²) in [5.41, 5.74) is 3.53. The lowest BCUT2D eigenvalue weighted by Crippen LogP contribution is -2.37. The van der Waals surface area contributed by atoms with Crippen LogP contribution in [0.2, 0.25) is 0 Å². The molecule has 0 unspecified atom stereocenters. The first-order valence-corrected chi connectivity index (χ1v) is 9.37. The number of hydrogen-bond donors (Lipinski definition) is 3. The van der Waals surface area contributed by atoms with Gasteiger partial charge in [-0.25, -0.2) is 5.43 Å². The maximum Gasteiger partial charge on any atom is 0.329 e. The highest BCUT2D eigenvalue weighted by atomic mass is 16.5. The normalized spacial score (nSPS) is 10.2. The average molecular weight is 424 g/mol. The topological polar surface area (TPSA) is 118 Å². The number of para-hydroxylation sites is 1. The molecular weight excluding hydrogens is 400 g/mol. The number of nitrogens with one attached hydrogen (secondary N) is 3. The minimum absolute atomic E-state index is 0.163. The minimum Gasteiger partial charge on any atom is -0.493 e. The molecule has 2 aromatic carbocycles. The molecule has 0 atom stereocenters. The minimum atomic E-state index is -0.927. The summed E-state index contributed by atoms with van der Waals surface area (Å²) in [5.74, 6) is -1.42. The SMILES string of the molecule is C=CCNC(=O)C(=O)N/N=C\c1cccc(OC)c1OCC(=O)NCc1ccccc1. The molecule has 0 fully saturated rings. The second-order valence-electron chi connectivity index (χ2n) is 6.13. The van der Waals surface area contributed by atoms with Crippen molar-refractivity contribution in [3.8, 4) is 11.5 Å². The van der Waals surface area contributed by atoms with Gasteiger partial charge < -0.3 is 20.1 Å². The van der Waals surface area contributed by atoms with Crippen LogP contribution in [0.4, 0.5) is 0 Å². The van der Waals surface area contributed by atoms with Crippen molar-refractivity contribution in [3.05, 3.63) is 72.3 Å². The van der Waals surface area contributed by atoms with Crippen molar-refractivity contribution in [2.45, 2.75) is 6.54 Å². The first-order valence-electron chi connectivity index (χ1n) is 9.37. The summed E-state index contributed by atoms with van der Waals surface area (Å²) < 4.78 is 10.9. The molecule has 3 amide bonds. The second kappa shape index (κ2) is 12.4. The smallest absolute Gasteiger partial charge is 0.329 e. The highest BCUT2D eigenvalue weighted by Crippen LogP contribution is 2.30. The number of amides is 3. The molecule has 0 aliphatic heterocycles. The Morgan fingerprint density at radius 1 is 1.03 bits per heavy atom. The maximum atomic E-state index is 12.1. The Bertz CT molecular complexity index is 944. The molecule has 162 valence electrons. The van der Waals surface area contributed by atoms with Gasteiger partial charge in [-0.05, 0) is 17.7 Å². The molecule has 9 heteroatoms. The summed E-state index contributed by atoms with van der Waals surface area (Å²) in [7, 11) is 1.46. The van der Waals surface area contributed by atoms with Gasteiger partial charge in [-0.3, -0.25) is 14.4 Å². The molecule has 0 aromatic heterocycles. The third-order valence-electron chi connectivity index (χ3n) is 3.89. The third-order valence-corrected chi connectivity index (χ3v) is 3.89. The van der Waals surface area contributed by atoms with Crippen molar-refractivity contribution in [2.75, 3.05) is 20.3 Å². The van der Waals surface area contributed by atoms with E-state index in [1.807, 2.05) is 30.3 Å². The van der Waals surface area contributed by atoms with Crippen molar-refractivity contribution >= 4 is 23.9 Å². The molecular formula is C22H24N4O5. The first-order chi connectivity index (χ1) is 15.0. The van der Waals surface area contributed by atoms with E-state index in [-0.39, 0.29) is 24.8 Å². The van der Waals surface area contributed by atoms with Crippen LogP contribution in [0, 0.1) is 0 Å². The molecule has 0 bridgehead atoms. The molecule has 9 nitrogen and oxygen atoms in total. The van der Waals surface area contributed by atoms with Gasteiger partial charge in [0.1, 0.15) is 0 Å². The van der Waals surface area contributed by atoms with E-state index < -0.39 is 11.8 Å². The Kier molecular flexibility index (Phi) is 9.28. The Balaban J connectivity index is 1.97. The standard InChI is InChI=1S/C22H24N4O5/c1-3-12-23-21(28)22(29)26-25-14-17-10-7-11-18(30-2)20(17)31-15-19(27)24-13-16-8-5-4-6-9-16/h3-11,14H,1,12-13,15H2,2H3,(H,23,28)(H,24,27)(H,26,29)/b25-14-. The van der Waals surface area contributed by atoms with Gasteiger partial charge in [-0.15, -0.1) is 6.58 Å². The van der Waals surface area contributed by atoms with E-state index in [1.54, 1.807) is 18.2 Å². The Morgan fingerprint density at radius 2 is 1.81 bits per heavy atom. The summed E-state index contributed by atoms with van der Waals surface area (Å²) >= 11 is 0. The number of ether oxygens (including phenoxy) is 2. The summed E-state index contributed by atoms with van der Waals surface area (Å²) in [6.07, 6.45) is 2.74. The molecule has 0 spiro atoms. The number of carbonyl (C=O) groups is 3. The van der Waals surface area contributed by atoms with Crippen molar-refractivity contribution in [1.82, 2.24) is 16.1 Å². The van der Waals surface area contributed by atoms with E-state index in [4.69, 9.17) is 9.47 Å². The second-order valence-corrected chi connectivity index (χ2v) is 6.13. The zero-order valence-corrected chi connectivity index (χ0v) is 17.1. The number of carbonyl (C=O) groups excluding carboxylic acids is 3. The van der Waals surface area contributed by atoms with Crippen LogP contribution in [0.1, 0.15) is 11.1 Å². The molecule has 2 aromatic rings. The summed E-state index contributed by atoms with van der Waals surface area (Å²) in [5, 5.41) is 8.86. The van der Waals surface area contributed by atoms with Crippen LogP contribution in [0.15, 0.2) is 66.3 Å². The molecule has 2 rings (SSSR count). The Hall–Kier alpha value is -4.14. The van der Waals surface area contributed by atoms with Crippen LogP contribution in [-0.4, -0.2) is 44.2 Å². The molecule has 0 radical (unpaired) electrons. The Morgan fingerprint density at radius 3 is 2.52 bits per heavy atom. The largest absolute Gasteiger partial charge is 0.493 e. The van der Waals surface area contributed by atoms with Gasteiger partial charge in [-0.2, -0.15) is 5.10 Å². The van der Waals surface area contributed by atoms with Crippen molar-refractivity contribution < 1.29 is 23.9 Å². The average Bonchev–Trinajstić information content (AvgIpc) is 2.80. The molecule has 0 aliphatic carbocycles. The van der Waals surface area contributed by atoms with Crippen molar-refractivity contribution in [2.24, 2.45) is 5.10 Å². The molecule has 31 heavy (non-hydrogen) atoms. The van der Waals surface area contributed by atoms with Gasteiger partial charge >= 0.3 is 11.8 Å². The molecule has 0 heterocycles. The van der Waals surface area contributed by atoms with Gasteiger partial charge in [0.2, 0.25) is 0 Å². The summed E-state index contributed by atoms with van der Waals surface area (Å²) in [4.78, 5) is 35.3. The molecule has 0 aliphatic rings. The van der Waals surface area contributed by atoms with E-state index in [2.05, 4.69) is 27.7 Å². The van der Waals surface area contributed by atoms with Crippen LogP contribution in [-0.2, 0) is 20.9 Å². The monoisotopic (exact) mass is 424 g/mol. The van der Waals surface area contributed by atoms with Crippen molar-refractivity contribution in [3.63, 3.8) is 0 Å². The maximum absolute atomic E-state index is 12.1. The Labute approximate surface area is 180 Å². The predicted molar refractivity (Wildman–Crippen MR) is 116 cm³/mol. The van der Waals surface area contributed by atoms with Gasteiger partial charge in [-0.1, -0.05) is 42.5 Å². The number of nitrogens with zero attached hydrogens (tertiary/aromatic N) is 1. The fourth-order valence-electron chi connectivity index (χ4n) is 2.39.